The van der Waals surface area contributed by atoms with Crippen molar-refractivity contribution >= 4 is 28.1 Å². The van der Waals surface area contributed by atoms with E-state index >= 15 is 0 Å². The topological polar surface area (TPSA) is 81.4 Å². The van der Waals surface area contributed by atoms with Crippen LogP contribution in [0.2, 0.25) is 0 Å². The third-order valence-corrected chi connectivity index (χ3v) is 5.16. The number of ether oxygens (including phenoxy) is 1. The molecule has 4 aromatic rings. The van der Waals surface area contributed by atoms with Crippen LogP contribution >= 0.6 is 0 Å². The summed E-state index contributed by atoms with van der Waals surface area (Å²) in [6.07, 6.45) is -1.44. The first kappa shape index (κ1) is 19.3. The van der Waals surface area contributed by atoms with Gasteiger partial charge < -0.3 is 10.1 Å². The minimum absolute atomic E-state index is 0.0143. The van der Waals surface area contributed by atoms with Gasteiger partial charge in [0.2, 0.25) is 0 Å². The van der Waals surface area contributed by atoms with Crippen molar-refractivity contribution in [2.75, 3.05) is 12.4 Å². The molecule has 1 saturated carbocycles. The van der Waals surface area contributed by atoms with Crippen LogP contribution in [0.4, 0.5) is 18.9 Å². The summed E-state index contributed by atoms with van der Waals surface area (Å²) in [5.74, 6) is -0.0563. The van der Waals surface area contributed by atoms with Gasteiger partial charge in [-0.25, -0.2) is 9.50 Å². The third kappa shape index (κ3) is 3.43. The number of nitrogens with one attached hydrogen (secondary N) is 1. The van der Waals surface area contributed by atoms with E-state index in [1.54, 1.807) is 30.5 Å². The zero-order valence-corrected chi connectivity index (χ0v) is 16.3. The number of aromatic nitrogens is 4. The third-order valence-electron chi connectivity index (χ3n) is 5.16. The van der Waals surface area contributed by atoms with Crippen LogP contribution in [0, 0.1) is 0 Å². The molecule has 3 aromatic heterocycles. The first-order valence-corrected chi connectivity index (χ1v) is 9.56. The fourth-order valence-electron chi connectivity index (χ4n) is 3.51. The quantitative estimate of drug-likeness (QED) is 0.521. The van der Waals surface area contributed by atoms with E-state index in [0.717, 1.165) is 18.9 Å². The Kier molecular flexibility index (Phi) is 4.31. The number of rotatable bonds is 4. The lowest BCUT2D eigenvalue weighted by molar-refractivity contribution is -0.142. The lowest BCUT2D eigenvalue weighted by Gasteiger charge is -2.10. The fraction of sp³-hybridized carbons (Fsp3) is 0.238. The number of alkyl halides is 3. The average Bonchev–Trinajstić information content (AvgIpc) is 3.51. The number of fused-ring (bicyclic) bond motifs is 2. The molecule has 7 nitrogen and oxygen atoms in total. The molecular formula is C21H16F3N5O2. The lowest BCUT2D eigenvalue weighted by Crippen LogP contribution is -2.16. The summed E-state index contributed by atoms with van der Waals surface area (Å²) >= 11 is 0. The van der Waals surface area contributed by atoms with E-state index in [9.17, 15) is 18.0 Å². The van der Waals surface area contributed by atoms with Crippen molar-refractivity contribution in [2.45, 2.75) is 24.9 Å². The van der Waals surface area contributed by atoms with Gasteiger partial charge in [-0.15, -0.1) is 0 Å². The average molecular weight is 427 g/mol. The van der Waals surface area contributed by atoms with Gasteiger partial charge in [-0.3, -0.25) is 9.78 Å². The normalized spacial score (nSPS) is 14.2. The summed E-state index contributed by atoms with van der Waals surface area (Å²) in [6, 6.07) is 9.10. The molecule has 5 rings (SSSR count). The number of benzene rings is 1. The molecule has 31 heavy (non-hydrogen) atoms. The molecular weight excluding hydrogens is 411 g/mol. The molecule has 10 heteroatoms. The summed E-state index contributed by atoms with van der Waals surface area (Å²) in [4.78, 5) is 21.4. The monoisotopic (exact) mass is 427 g/mol. The molecule has 0 atom stereocenters. The lowest BCUT2D eigenvalue weighted by atomic mass is 10.1. The molecule has 0 bridgehead atoms. The summed E-state index contributed by atoms with van der Waals surface area (Å²) in [5.41, 5.74) is 0.114. The first-order valence-electron chi connectivity index (χ1n) is 9.56. The zero-order valence-electron chi connectivity index (χ0n) is 16.3. The van der Waals surface area contributed by atoms with Crippen LogP contribution in [0.15, 0.2) is 42.6 Å². The number of carbonyl (C=O) groups excluding carboxylic acids is 1. The van der Waals surface area contributed by atoms with E-state index in [2.05, 4.69) is 20.4 Å². The molecule has 0 saturated heterocycles. The smallest absolute Gasteiger partial charge is 0.433 e. The van der Waals surface area contributed by atoms with E-state index < -0.39 is 17.8 Å². The summed E-state index contributed by atoms with van der Waals surface area (Å²) < 4.78 is 46.7. The van der Waals surface area contributed by atoms with Crippen molar-refractivity contribution in [3.05, 3.63) is 59.7 Å². The second kappa shape index (κ2) is 6.93. The molecule has 1 fully saturated rings. The van der Waals surface area contributed by atoms with Crippen LogP contribution in [-0.2, 0) is 6.18 Å². The molecule has 0 unspecified atom stereocenters. The van der Waals surface area contributed by atoms with E-state index in [0.29, 0.717) is 32.5 Å². The molecule has 1 amide bonds. The van der Waals surface area contributed by atoms with E-state index in [1.807, 2.05) is 0 Å². The second-order valence-electron chi connectivity index (χ2n) is 7.31. The molecule has 0 aliphatic heterocycles. The number of carbonyl (C=O) groups is 1. The molecule has 0 spiro atoms. The molecule has 1 aliphatic carbocycles. The van der Waals surface area contributed by atoms with Crippen LogP contribution in [0.25, 0.3) is 16.6 Å². The number of hydrogen-bond donors (Lipinski definition) is 1. The molecule has 1 aliphatic rings. The van der Waals surface area contributed by atoms with Crippen LogP contribution in [0.3, 0.4) is 0 Å². The standard InChI is InChI=1S/C21H16F3N5O2/c1-31-16-7-6-13(19-12(16)3-2-8-25-19)27-20(30)15-10-18-26-14(11-4-5-11)9-17(21(22,23)24)29(18)28-15/h2-3,6-11H,4-5H2,1H3,(H,27,30). The number of anilines is 1. The number of pyridine rings is 1. The minimum atomic E-state index is -4.62. The Morgan fingerprint density at radius 2 is 2.03 bits per heavy atom. The highest BCUT2D eigenvalue weighted by atomic mass is 19.4. The minimum Gasteiger partial charge on any atom is -0.496 e. The van der Waals surface area contributed by atoms with Gasteiger partial charge in [-0.05, 0) is 43.2 Å². The highest BCUT2D eigenvalue weighted by molar-refractivity contribution is 6.08. The Morgan fingerprint density at radius 1 is 1.23 bits per heavy atom. The Balaban J connectivity index is 1.54. The van der Waals surface area contributed by atoms with Crippen LogP contribution in [-0.4, -0.2) is 32.6 Å². The fourth-order valence-corrected chi connectivity index (χ4v) is 3.51. The van der Waals surface area contributed by atoms with Crippen molar-refractivity contribution in [3.63, 3.8) is 0 Å². The number of amides is 1. The SMILES string of the molecule is COc1ccc(NC(=O)c2cc3nc(C4CC4)cc(C(F)(F)F)n3n2)c2ncccc12. The van der Waals surface area contributed by atoms with Gasteiger partial charge in [0.25, 0.3) is 5.91 Å². The van der Waals surface area contributed by atoms with E-state index in [1.165, 1.54) is 13.2 Å². The van der Waals surface area contributed by atoms with E-state index in [4.69, 9.17) is 4.74 Å². The van der Waals surface area contributed by atoms with Gasteiger partial charge in [0.05, 0.1) is 18.3 Å². The van der Waals surface area contributed by atoms with Gasteiger partial charge in [0, 0.05) is 29.3 Å². The van der Waals surface area contributed by atoms with Crippen LogP contribution < -0.4 is 10.1 Å². The van der Waals surface area contributed by atoms with Gasteiger partial charge in [-0.2, -0.15) is 18.3 Å². The summed E-state index contributed by atoms with van der Waals surface area (Å²) in [7, 11) is 1.53. The Labute approximate surface area is 173 Å². The van der Waals surface area contributed by atoms with Crippen molar-refractivity contribution < 1.29 is 22.7 Å². The van der Waals surface area contributed by atoms with Gasteiger partial charge >= 0.3 is 6.18 Å². The number of methoxy groups -OCH3 is 1. The Bertz CT molecular complexity index is 1330. The summed E-state index contributed by atoms with van der Waals surface area (Å²) in [5, 5.41) is 7.25. The molecule has 3 heterocycles. The Morgan fingerprint density at radius 3 is 2.74 bits per heavy atom. The first-order chi connectivity index (χ1) is 14.8. The zero-order chi connectivity index (χ0) is 21.8. The van der Waals surface area contributed by atoms with Crippen molar-refractivity contribution in [1.82, 2.24) is 19.6 Å². The molecule has 0 radical (unpaired) electrons. The number of nitrogens with zero attached hydrogens (tertiary/aromatic N) is 4. The predicted octanol–water partition coefficient (Wildman–Crippen LogP) is 4.43. The van der Waals surface area contributed by atoms with Crippen LogP contribution in [0.1, 0.15) is 40.6 Å². The van der Waals surface area contributed by atoms with Gasteiger partial charge in [0.15, 0.2) is 11.3 Å². The maximum atomic E-state index is 13.6. The Hall–Kier alpha value is -3.69. The largest absolute Gasteiger partial charge is 0.496 e. The molecule has 158 valence electrons. The maximum Gasteiger partial charge on any atom is 0.433 e. The second-order valence-corrected chi connectivity index (χ2v) is 7.31. The van der Waals surface area contributed by atoms with Crippen molar-refractivity contribution in [1.29, 1.82) is 0 Å². The predicted molar refractivity (Wildman–Crippen MR) is 106 cm³/mol. The molecule has 1 N–H and O–H groups in total. The highest BCUT2D eigenvalue weighted by Crippen LogP contribution is 2.41. The van der Waals surface area contributed by atoms with Gasteiger partial charge in [0.1, 0.15) is 11.4 Å². The highest BCUT2D eigenvalue weighted by Gasteiger charge is 2.37. The van der Waals surface area contributed by atoms with Crippen molar-refractivity contribution in [3.8, 4) is 5.75 Å². The van der Waals surface area contributed by atoms with E-state index in [-0.39, 0.29) is 17.3 Å². The number of halogens is 3. The van der Waals surface area contributed by atoms with Crippen molar-refractivity contribution in [2.24, 2.45) is 0 Å². The molecule has 1 aromatic carbocycles. The van der Waals surface area contributed by atoms with Gasteiger partial charge in [-0.1, -0.05) is 0 Å². The van der Waals surface area contributed by atoms with Crippen LogP contribution in [0.5, 0.6) is 5.75 Å². The number of hydrogen-bond acceptors (Lipinski definition) is 5. The summed E-state index contributed by atoms with van der Waals surface area (Å²) in [6.45, 7) is 0. The maximum absolute atomic E-state index is 13.6.